The number of guanidine groups is 1. The van der Waals surface area contributed by atoms with Gasteiger partial charge >= 0.3 is 5.97 Å². The molecule has 0 saturated heterocycles. The van der Waals surface area contributed by atoms with Crippen LogP contribution in [0, 0.1) is 0 Å². The number of hydrogen-bond donors (Lipinski definition) is 10. The molecule has 17 heteroatoms. The Kier molecular flexibility index (Phi) is 15.2. The predicted octanol–water partition coefficient (Wildman–Crippen LogP) is -4.63. The standard InChI is InChI=1S/C19H35N9O7S/c20-9(3-5-13(21)29)15(31)26-11(4-6-14(22)30)17(33)27-10(2-1-7-25-19(23)24)16(32)28-12(8-36)18(34)35/h9-12,36H,1-8,20H2,(H2,21,29)(H2,22,30)(H,26,31)(H,27,33)(H,28,32)(H,34,35)(H4,23,24,25). The Bertz CT molecular complexity index is 836. The summed E-state index contributed by atoms with van der Waals surface area (Å²) in [5, 5.41) is 16.2. The molecule has 16 nitrogen and oxygen atoms in total. The average molecular weight is 534 g/mol. The summed E-state index contributed by atoms with van der Waals surface area (Å²) in [7, 11) is 0. The van der Waals surface area contributed by atoms with Gasteiger partial charge in [0.1, 0.15) is 18.1 Å². The van der Waals surface area contributed by atoms with Crippen molar-refractivity contribution < 1.29 is 33.9 Å². The van der Waals surface area contributed by atoms with Gasteiger partial charge in [-0.25, -0.2) is 4.79 Å². The first-order valence-corrected chi connectivity index (χ1v) is 11.5. The van der Waals surface area contributed by atoms with Crippen LogP contribution in [0.3, 0.4) is 0 Å². The van der Waals surface area contributed by atoms with Gasteiger partial charge < -0.3 is 49.7 Å². The molecule has 0 heterocycles. The number of carboxylic acid groups (broad SMARTS) is 1. The van der Waals surface area contributed by atoms with Gasteiger partial charge in [0.2, 0.25) is 29.5 Å². The Labute approximate surface area is 212 Å². The van der Waals surface area contributed by atoms with E-state index in [0.29, 0.717) is 0 Å². The van der Waals surface area contributed by atoms with E-state index in [0.717, 1.165) is 0 Å². The third-order valence-electron chi connectivity index (χ3n) is 4.73. The molecule has 4 unspecified atom stereocenters. The average Bonchev–Trinajstić information content (AvgIpc) is 2.79. The first-order chi connectivity index (χ1) is 16.8. The summed E-state index contributed by atoms with van der Waals surface area (Å²) in [6.07, 6.45) is -0.516. The quantitative estimate of drug-likeness (QED) is 0.0347. The lowest BCUT2D eigenvalue weighted by Crippen LogP contribution is -2.57. The summed E-state index contributed by atoms with van der Waals surface area (Å²) in [5.41, 5.74) is 26.4. The highest BCUT2D eigenvalue weighted by Crippen LogP contribution is 2.05. The second-order valence-corrected chi connectivity index (χ2v) is 8.13. The van der Waals surface area contributed by atoms with Gasteiger partial charge in [0.15, 0.2) is 5.96 Å². The van der Waals surface area contributed by atoms with Crippen molar-refractivity contribution in [3.63, 3.8) is 0 Å². The number of carbonyl (C=O) groups excluding carboxylic acids is 5. The molecule has 5 amide bonds. The smallest absolute Gasteiger partial charge is 0.327 e. The van der Waals surface area contributed by atoms with Crippen molar-refractivity contribution in [2.24, 2.45) is 33.7 Å². The maximum absolute atomic E-state index is 13.0. The van der Waals surface area contributed by atoms with Crippen LogP contribution in [0.5, 0.6) is 0 Å². The molecule has 36 heavy (non-hydrogen) atoms. The molecule has 0 aliphatic rings. The van der Waals surface area contributed by atoms with Crippen LogP contribution >= 0.6 is 12.6 Å². The van der Waals surface area contributed by atoms with E-state index in [9.17, 15) is 33.9 Å². The summed E-state index contributed by atoms with van der Waals surface area (Å²) in [5.74, 6) is -5.62. The largest absolute Gasteiger partial charge is 0.480 e. The zero-order chi connectivity index (χ0) is 27.8. The Morgan fingerprint density at radius 1 is 0.750 bits per heavy atom. The summed E-state index contributed by atoms with van der Waals surface area (Å²) in [6.45, 7) is 0.119. The minimum Gasteiger partial charge on any atom is -0.480 e. The number of nitrogens with one attached hydrogen (secondary N) is 3. The SMILES string of the molecule is NC(=O)CCC(N)C(=O)NC(CCC(N)=O)C(=O)NC(CCCN=C(N)N)C(=O)NC(CS)C(=O)O. The predicted molar refractivity (Wildman–Crippen MR) is 132 cm³/mol. The second-order valence-electron chi connectivity index (χ2n) is 7.77. The molecule has 0 saturated carbocycles. The van der Waals surface area contributed by atoms with Crippen LogP contribution in [-0.4, -0.2) is 83.0 Å². The van der Waals surface area contributed by atoms with Crippen molar-refractivity contribution in [3.05, 3.63) is 0 Å². The van der Waals surface area contributed by atoms with Gasteiger partial charge in [-0.3, -0.25) is 29.0 Å². The molecular formula is C19H35N9O7S. The van der Waals surface area contributed by atoms with E-state index in [-0.39, 0.29) is 56.8 Å². The molecule has 0 fully saturated rings. The van der Waals surface area contributed by atoms with E-state index in [1.165, 1.54) is 0 Å². The number of amides is 5. The first-order valence-electron chi connectivity index (χ1n) is 10.9. The van der Waals surface area contributed by atoms with Gasteiger partial charge in [0.25, 0.3) is 0 Å². The van der Waals surface area contributed by atoms with Crippen molar-refractivity contribution in [2.45, 2.75) is 62.7 Å². The number of rotatable bonds is 18. The topological polar surface area (TPSA) is 301 Å². The van der Waals surface area contributed by atoms with Crippen LogP contribution in [-0.2, 0) is 28.8 Å². The van der Waals surface area contributed by atoms with E-state index < -0.39 is 59.7 Å². The number of hydrogen-bond acceptors (Lipinski definition) is 9. The molecule has 0 aliphatic heterocycles. The van der Waals surface area contributed by atoms with Crippen LogP contribution in [0.15, 0.2) is 4.99 Å². The molecule has 14 N–H and O–H groups in total. The molecule has 0 aromatic rings. The zero-order valence-corrected chi connectivity index (χ0v) is 20.5. The lowest BCUT2D eigenvalue weighted by molar-refractivity contribution is -0.141. The maximum atomic E-state index is 13.0. The minimum absolute atomic E-state index is 0.00186. The molecule has 0 rings (SSSR count). The Balaban J connectivity index is 5.58. The van der Waals surface area contributed by atoms with Crippen LogP contribution in [0.25, 0.3) is 0 Å². The van der Waals surface area contributed by atoms with Crippen LogP contribution in [0.1, 0.15) is 38.5 Å². The van der Waals surface area contributed by atoms with Crippen LogP contribution in [0.4, 0.5) is 0 Å². The number of carboxylic acids is 1. The van der Waals surface area contributed by atoms with E-state index in [2.05, 4.69) is 33.6 Å². The van der Waals surface area contributed by atoms with Gasteiger partial charge in [-0.1, -0.05) is 0 Å². The van der Waals surface area contributed by atoms with Crippen molar-refractivity contribution in [3.8, 4) is 0 Å². The van der Waals surface area contributed by atoms with Crippen LogP contribution in [0.2, 0.25) is 0 Å². The van der Waals surface area contributed by atoms with Gasteiger partial charge in [-0.2, -0.15) is 12.6 Å². The van der Waals surface area contributed by atoms with Gasteiger partial charge in [0.05, 0.1) is 6.04 Å². The lowest BCUT2D eigenvalue weighted by atomic mass is 10.1. The molecule has 0 spiro atoms. The highest BCUT2D eigenvalue weighted by atomic mass is 32.1. The number of carbonyl (C=O) groups is 6. The summed E-state index contributed by atoms with van der Waals surface area (Å²) >= 11 is 3.88. The fourth-order valence-electron chi connectivity index (χ4n) is 2.77. The maximum Gasteiger partial charge on any atom is 0.327 e. The molecule has 0 bridgehead atoms. The normalized spacial score (nSPS) is 13.8. The summed E-state index contributed by atoms with van der Waals surface area (Å²) < 4.78 is 0. The van der Waals surface area contributed by atoms with Crippen LogP contribution < -0.4 is 44.6 Å². The Hall–Kier alpha value is -3.60. The fraction of sp³-hybridized carbons (Fsp3) is 0.632. The molecule has 4 atom stereocenters. The summed E-state index contributed by atoms with van der Waals surface area (Å²) in [4.78, 5) is 75.3. The van der Waals surface area contributed by atoms with Crippen molar-refractivity contribution in [1.82, 2.24) is 16.0 Å². The van der Waals surface area contributed by atoms with E-state index >= 15 is 0 Å². The number of aliphatic carboxylic acids is 1. The van der Waals surface area contributed by atoms with Gasteiger partial charge in [-0.05, 0) is 25.7 Å². The third kappa shape index (κ3) is 14.0. The number of thiol groups is 1. The number of nitrogens with zero attached hydrogens (tertiary/aromatic N) is 1. The van der Waals surface area contributed by atoms with Crippen molar-refractivity contribution in [2.75, 3.05) is 12.3 Å². The van der Waals surface area contributed by atoms with Gasteiger partial charge in [-0.15, -0.1) is 0 Å². The molecule has 0 aromatic heterocycles. The lowest BCUT2D eigenvalue weighted by Gasteiger charge is -2.25. The third-order valence-corrected chi connectivity index (χ3v) is 5.09. The number of aliphatic imine (C=N–C) groups is 1. The van der Waals surface area contributed by atoms with Crippen molar-refractivity contribution >= 4 is 54.1 Å². The zero-order valence-electron chi connectivity index (χ0n) is 19.6. The summed E-state index contributed by atoms with van der Waals surface area (Å²) in [6, 6.07) is -5.07. The minimum atomic E-state index is -1.33. The monoisotopic (exact) mass is 533 g/mol. The highest BCUT2D eigenvalue weighted by Gasteiger charge is 2.30. The second kappa shape index (κ2) is 16.9. The molecule has 204 valence electrons. The Morgan fingerprint density at radius 2 is 1.22 bits per heavy atom. The van der Waals surface area contributed by atoms with Crippen molar-refractivity contribution in [1.29, 1.82) is 0 Å². The fourth-order valence-corrected chi connectivity index (χ4v) is 3.01. The molecule has 0 aromatic carbocycles. The molecule has 0 radical (unpaired) electrons. The number of nitrogens with two attached hydrogens (primary N) is 5. The van der Waals surface area contributed by atoms with E-state index in [1.54, 1.807) is 0 Å². The van der Waals surface area contributed by atoms with E-state index in [4.69, 9.17) is 28.7 Å². The van der Waals surface area contributed by atoms with E-state index in [1.807, 2.05) is 0 Å². The van der Waals surface area contributed by atoms with Gasteiger partial charge in [0, 0.05) is 25.1 Å². The molecule has 0 aliphatic carbocycles. The first kappa shape index (κ1) is 32.4. The molecular weight excluding hydrogens is 498 g/mol. The number of primary amides is 2. The Morgan fingerprint density at radius 3 is 1.69 bits per heavy atom. The highest BCUT2D eigenvalue weighted by molar-refractivity contribution is 7.80.